The van der Waals surface area contributed by atoms with Crippen LogP contribution in [0.5, 0.6) is 0 Å². The highest BCUT2D eigenvalue weighted by Gasteiger charge is 2.73. The standard InChI is InChI=1S/C42H30N2/c1-40(2,3)27-23-30-35-16-8-9-21-43(35)42-37(30)34(24-27)41(31-14-6-4-12-28(31)29-13-5-7-15-32(29)41)33-20-19-25-17-18-26-11-10-22-44(42)39(26)36(25)38(33)42/h4-24H,1-3H3/q+2. The third kappa shape index (κ3) is 2.24. The van der Waals surface area contributed by atoms with Crippen LogP contribution in [0.25, 0.3) is 44.1 Å². The van der Waals surface area contributed by atoms with E-state index in [-0.39, 0.29) is 5.41 Å². The Labute approximate surface area is 256 Å². The van der Waals surface area contributed by atoms with E-state index in [0.717, 1.165) is 0 Å². The minimum atomic E-state index is -0.507. The van der Waals surface area contributed by atoms with Crippen molar-refractivity contribution in [3.63, 3.8) is 0 Å². The number of aromatic nitrogens is 2. The fraction of sp³-hybridized carbons (Fsp3) is 0.143. The van der Waals surface area contributed by atoms with Gasteiger partial charge in [0.15, 0.2) is 12.4 Å². The van der Waals surface area contributed by atoms with Crippen LogP contribution in [0.2, 0.25) is 0 Å². The van der Waals surface area contributed by atoms with Gasteiger partial charge in [0, 0.05) is 23.6 Å². The third-order valence-electron chi connectivity index (χ3n) is 11.2. The van der Waals surface area contributed by atoms with Gasteiger partial charge in [0.05, 0.1) is 16.4 Å². The maximum Gasteiger partial charge on any atom is 0.418 e. The molecule has 44 heavy (non-hydrogen) atoms. The number of rotatable bonds is 0. The van der Waals surface area contributed by atoms with Crippen LogP contribution in [-0.2, 0) is 16.5 Å². The van der Waals surface area contributed by atoms with Crippen molar-refractivity contribution in [3.05, 3.63) is 167 Å². The second kappa shape index (κ2) is 7.17. The summed E-state index contributed by atoms with van der Waals surface area (Å²) in [5.41, 5.74) is 15.6. The lowest BCUT2D eigenvalue weighted by molar-refractivity contribution is -0.950. The molecule has 1 atom stereocenters. The van der Waals surface area contributed by atoms with Crippen molar-refractivity contribution in [1.82, 2.24) is 0 Å². The highest BCUT2D eigenvalue weighted by atomic mass is 15.3. The summed E-state index contributed by atoms with van der Waals surface area (Å²) in [7, 11) is 0. The van der Waals surface area contributed by atoms with Crippen molar-refractivity contribution < 1.29 is 9.13 Å². The molecule has 206 valence electrons. The Morgan fingerprint density at radius 2 is 1.20 bits per heavy atom. The summed E-state index contributed by atoms with van der Waals surface area (Å²) >= 11 is 0. The first kappa shape index (κ1) is 23.4. The molecule has 0 bridgehead atoms. The van der Waals surface area contributed by atoms with E-state index in [1.807, 2.05) is 0 Å². The van der Waals surface area contributed by atoms with E-state index in [2.05, 4.69) is 158 Å². The summed E-state index contributed by atoms with van der Waals surface area (Å²) < 4.78 is 5.20. The average Bonchev–Trinajstić information content (AvgIpc) is 3.64. The zero-order valence-electron chi connectivity index (χ0n) is 25.0. The van der Waals surface area contributed by atoms with Gasteiger partial charge in [0.1, 0.15) is 11.1 Å². The van der Waals surface area contributed by atoms with E-state index in [9.17, 15) is 0 Å². The van der Waals surface area contributed by atoms with Crippen LogP contribution in [0.1, 0.15) is 59.7 Å². The molecule has 2 aliphatic heterocycles. The largest absolute Gasteiger partial charge is 0.418 e. The van der Waals surface area contributed by atoms with Crippen LogP contribution in [0.15, 0.2) is 128 Å². The summed E-state index contributed by atoms with van der Waals surface area (Å²) in [4.78, 5) is 0. The molecule has 2 heteroatoms. The molecule has 0 radical (unpaired) electrons. The minimum Gasteiger partial charge on any atom is -0.126 e. The van der Waals surface area contributed by atoms with Gasteiger partial charge in [0.25, 0.3) is 0 Å². The van der Waals surface area contributed by atoms with Gasteiger partial charge in [-0.05, 0) is 74.0 Å². The Bertz CT molecular complexity index is 2450. The lowest BCUT2D eigenvalue weighted by Crippen LogP contribution is -2.73. The maximum absolute atomic E-state index is 2.61. The molecule has 0 saturated carbocycles. The zero-order valence-corrected chi connectivity index (χ0v) is 25.0. The monoisotopic (exact) mass is 562 g/mol. The SMILES string of the molecule is CC(C)(C)c1cc2c3c(c1)C1(c4ccccc4-c4ccccc41)c1ccc4ccc5ccc[n+]6c5c4c1C36[n+]1ccccc1-2. The topological polar surface area (TPSA) is 7.76 Å². The number of hydrogen-bond acceptors (Lipinski definition) is 0. The van der Waals surface area contributed by atoms with Crippen molar-refractivity contribution in [3.8, 4) is 22.4 Å². The predicted octanol–water partition coefficient (Wildman–Crippen LogP) is 8.13. The van der Waals surface area contributed by atoms with Crippen molar-refractivity contribution >= 4 is 21.7 Å². The van der Waals surface area contributed by atoms with E-state index in [1.54, 1.807) is 0 Å². The average molecular weight is 563 g/mol. The summed E-state index contributed by atoms with van der Waals surface area (Å²) in [6.45, 7) is 7.07. The molecule has 2 nitrogen and oxygen atoms in total. The van der Waals surface area contributed by atoms with Gasteiger partial charge in [-0.25, -0.2) is 0 Å². The maximum atomic E-state index is 2.61. The fourth-order valence-electron chi connectivity index (χ4n) is 9.64. The van der Waals surface area contributed by atoms with Gasteiger partial charge >= 0.3 is 5.66 Å². The van der Waals surface area contributed by atoms with Gasteiger partial charge in [-0.3, -0.25) is 0 Å². The van der Waals surface area contributed by atoms with Gasteiger partial charge in [-0.2, -0.15) is 0 Å². The molecule has 11 rings (SSSR count). The van der Waals surface area contributed by atoms with Crippen molar-refractivity contribution in [2.75, 3.05) is 0 Å². The third-order valence-corrected chi connectivity index (χ3v) is 11.2. The van der Waals surface area contributed by atoms with Crippen molar-refractivity contribution in [2.45, 2.75) is 37.3 Å². The summed E-state index contributed by atoms with van der Waals surface area (Å²) in [5.74, 6) is 0. The molecule has 4 aliphatic rings. The molecule has 2 aromatic heterocycles. The Morgan fingerprint density at radius 3 is 1.98 bits per heavy atom. The van der Waals surface area contributed by atoms with E-state index in [4.69, 9.17) is 0 Å². The minimum absolute atomic E-state index is 0.0181. The quantitative estimate of drug-likeness (QED) is 0.130. The normalized spacial score (nSPS) is 18.6. The second-order valence-electron chi connectivity index (χ2n) is 14.1. The van der Waals surface area contributed by atoms with Gasteiger partial charge in [-0.15, -0.1) is 9.13 Å². The van der Waals surface area contributed by atoms with E-state index in [1.165, 1.54) is 83.0 Å². The Balaban J connectivity index is 1.49. The first-order valence-electron chi connectivity index (χ1n) is 15.8. The number of nitrogens with zero attached hydrogens (tertiary/aromatic N) is 2. The molecular weight excluding hydrogens is 532 g/mol. The first-order valence-corrected chi connectivity index (χ1v) is 15.8. The highest BCUT2D eigenvalue weighted by Crippen LogP contribution is 2.65. The molecular formula is C42H30N2+2. The zero-order chi connectivity index (χ0) is 29.2. The van der Waals surface area contributed by atoms with Crippen molar-refractivity contribution in [2.24, 2.45) is 0 Å². The molecule has 0 fully saturated rings. The summed E-state index contributed by atoms with van der Waals surface area (Å²) in [5, 5.41) is 3.99. The number of benzene rings is 5. The summed E-state index contributed by atoms with van der Waals surface area (Å²) in [6, 6.07) is 44.3. The second-order valence-corrected chi connectivity index (χ2v) is 14.1. The molecule has 7 aromatic rings. The van der Waals surface area contributed by atoms with Gasteiger partial charge in [0.2, 0.25) is 11.2 Å². The van der Waals surface area contributed by atoms with Gasteiger partial charge < -0.3 is 0 Å². The molecule has 0 amide bonds. The Kier molecular flexibility index (Phi) is 3.81. The molecule has 2 aliphatic carbocycles. The highest BCUT2D eigenvalue weighted by molar-refractivity contribution is 6.09. The molecule has 0 saturated heterocycles. The van der Waals surface area contributed by atoms with Crippen LogP contribution in [-0.4, -0.2) is 0 Å². The lowest BCUT2D eigenvalue weighted by Gasteiger charge is -2.41. The predicted molar refractivity (Wildman–Crippen MR) is 175 cm³/mol. The van der Waals surface area contributed by atoms with Crippen LogP contribution in [0.3, 0.4) is 0 Å². The van der Waals surface area contributed by atoms with Crippen LogP contribution < -0.4 is 9.13 Å². The van der Waals surface area contributed by atoms with Crippen LogP contribution >= 0.6 is 0 Å². The molecule has 1 unspecified atom stereocenters. The summed E-state index contributed by atoms with van der Waals surface area (Å²) in [6.07, 6.45) is 4.66. The number of hydrogen-bond donors (Lipinski definition) is 0. The van der Waals surface area contributed by atoms with Crippen LogP contribution in [0.4, 0.5) is 0 Å². The molecule has 5 aromatic carbocycles. The van der Waals surface area contributed by atoms with Gasteiger partial charge in [-0.1, -0.05) is 93.6 Å². The number of pyridine rings is 2. The Hall–Kier alpha value is -5.08. The fourth-order valence-corrected chi connectivity index (χ4v) is 9.64. The number of fused-ring (bicyclic) bond motifs is 9. The van der Waals surface area contributed by atoms with E-state index in [0.29, 0.717) is 0 Å². The lowest BCUT2D eigenvalue weighted by atomic mass is 9.58. The van der Waals surface area contributed by atoms with E-state index >= 15 is 0 Å². The van der Waals surface area contributed by atoms with E-state index < -0.39 is 11.1 Å². The first-order chi connectivity index (χ1) is 21.5. The Morgan fingerprint density at radius 1 is 0.523 bits per heavy atom. The van der Waals surface area contributed by atoms with Crippen molar-refractivity contribution in [1.29, 1.82) is 0 Å². The smallest absolute Gasteiger partial charge is 0.126 e. The molecule has 4 heterocycles. The molecule has 0 N–H and O–H groups in total. The van der Waals surface area contributed by atoms with Crippen LogP contribution in [0, 0.1) is 0 Å². The molecule has 2 spiro atoms.